The van der Waals surface area contributed by atoms with Crippen molar-refractivity contribution in [3.8, 4) is 0 Å². The van der Waals surface area contributed by atoms with Gasteiger partial charge in [0.05, 0.1) is 10.0 Å². The lowest BCUT2D eigenvalue weighted by Gasteiger charge is -2.27. The van der Waals surface area contributed by atoms with Gasteiger partial charge in [-0.05, 0) is 6.07 Å². The maximum absolute atomic E-state index is 12.3. The molecule has 1 aliphatic heterocycles. The molecular weight excluding hydrogens is 321 g/mol. The standard InChI is InChI=1S/C13H13Cl2NOS2/c1-8(13(17)16-4-6-19-7-5-16)9-2-3-10(18)12(15)11(9)14/h2-3,18H,1,4-7H2. The summed E-state index contributed by atoms with van der Waals surface area (Å²) in [6.45, 7) is 5.36. The third-order valence-corrected chi connectivity index (χ3v) is 5.27. The molecule has 1 saturated heterocycles. The van der Waals surface area contributed by atoms with E-state index in [2.05, 4.69) is 19.2 Å². The number of hydrogen-bond acceptors (Lipinski definition) is 3. The molecule has 0 unspecified atom stereocenters. The second kappa shape index (κ2) is 6.44. The average molecular weight is 334 g/mol. The van der Waals surface area contributed by atoms with E-state index in [1.165, 1.54) is 0 Å². The zero-order valence-corrected chi connectivity index (χ0v) is 13.4. The van der Waals surface area contributed by atoms with Gasteiger partial charge in [-0.15, -0.1) is 12.6 Å². The fourth-order valence-corrected chi connectivity index (χ4v) is 3.44. The lowest BCUT2D eigenvalue weighted by molar-refractivity contribution is -0.124. The SMILES string of the molecule is C=C(C(=O)N1CCSCC1)c1ccc(S)c(Cl)c1Cl. The smallest absolute Gasteiger partial charge is 0.253 e. The van der Waals surface area contributed by atoms with Crippen molar-refractivity contribution in [2.45, 2.75) is 4.90 Å². The van der Waals surface area contributed by atoms with Gasteiger partial charge in [0.2, 0.25) is 0 Å². The normalized spacial score (nSPS) is 15.4. The zero-order chi connectivity index (χ0) is 14.0. The molecule has 0 spiro atoms. The summed E-state index contributed by atoms with van der Waals surface area (Å²) < 4.78 is 0. The van der Waals surface area contributed by atoms with E-state index in [1.807, 2.05) is 11.8 Å². The van der Waals surface area contributed by atoms with Crippen LogP contribution in [0.1, 0.15) is 5.56 Å². The number of thioether (sulfide) groups is 1. The Bertz CT molecular complexity index is 528. The number of carbonyl (C=O) groups excluding carboxylic acids is 1. The lowest BCUT2D eigenvalue weighted by Crippen LogP contribution is -2.38. The van der Waals surface area contributed by atoms with Gasteiger partial charge in [-0.3, -0.25) is 4.79 Å². The molecule has 102 valence electrons. The molecule has 0 saturated carbocycles. The monoisotopic (exact) mass is 333 g/mol. The Morgan fingerprint density at radius 1 is 1.26 bits per heavy atom. The van der Waals surface area contributed by atoms with Crippen molar-refractivity contribution in [1.29, 1.82) is 0 Å². The van der Waals surface area contributed by atoms with E-state index in [9.17, 15) is 4.79 Å². The van der Waals surface area contributed by atoms with Crippen LogP contribution in [0.15, 0.2) is 23.6 Å². The lowest BCUT2D eigenvalue weighted by atomic mass is 10.1. The molecular formula is C13H13Cl2NOS2. The van der Waals surface area contributed by atoms with Crippen LogP contribution in [0.5, 0.6) is 0 Å². The topological polar surface area (TPSA) is 20.3 Å². The van der Waals surface area contributed by atoms with Crippen molar-refractivity contribution in [1.82, 2.24) is 4.90 Å². The number of nitrogens with zero attached hydrogens (tertiary/aromatic N) is 1. The third kappa shape index (κ3) is 3.24. The molecule has 1 amide bonds. The Morgan fingerprint density at radius 3 is 2.53 bits per heavy atom. The van der Waals surface area contributed by atoms with Crippen LogP contribution in [-0.4, -0.2) is 35.4 Å². The van der Waals surface area contributed by atoms with Crippen LogP contribution in [0.25, 0.3) is 5.57 Å². The number of hydrogen-bond donors (Lipinski definition) is 1. The number of benzene rings is 1. The van der Waals surface area contributed by atoms with Crippen LogP contribution in [0.4, 0.5) is 0 Å². The first kappa shape index (κ1) is 15.1. The summed E-state index contributed by atoms with van der Waals surface area (Å²) in [6.07, 6.45) is 0. The van der Waals surface area contributed by atoms with Gasteiger partial charge in [0.1, 0.15) is 0 Å². The number of carbonyl (C=O) groups is 1. The van der Waals surface area contributed by atoms with Crippen LogP contribution in [0.2, 0.25) is 10.0 Å². The molecule has 0 aromatic heterocycles. The Labute approximate surface area is 132 Å². The van der Waals surface area contributed by atoms with Gasteiger partial charge in [0.15, 0.2) is 0 Å². The highest BCUT2D eigenvalue weighted by atomic mass is 35.5. The fourth-order valence-electron chi connectivity index (χ4n) is 1.84. The highest BCUT2D eigenvalue weighted by Gasteiger charge is 2.22. The first-order valence-corrected chi connectivity index (χ1v) is 8.11. The zero-order valence-electron chi connectivity index (χ0n) is 10.2. The van der Waals surface area contributed by atoms with Crippen molar-refractivity contribution >= 4 is 59.1 Å². The number of halogens is 2. The summed E-state index contributed by atoms with van der Waals surface area (Å²) in [5, 5.41) is 0.685. The minimum atomic E-state index is -0.0785. The quantitative estimate of drug-likeness (QED) is 0.654. The molecule has 0 aliphatic carbocycles. The predicted octanol–water partition coefficient (Wildman–Crippen LogP) is 3.87. The maximum Gasteiger partial charge on any atom is 0.253 e. The Morgan fingerprint density at radius 2 is 1.89 bits per heavy atom. The molecule has 0 bridgehead atoms. The van der Waals surface area contributed by atoms with E-state index in [4.69, 9.17) is 23.2 Å². The van der Waals surface area contributed by atoms with Crippen molar-refractivity contribution in [3.05, 3.63) is 34.3 Å². The molecule has 0 N–H and O–H groups in total. The molecule has 1 aliphatic rings. The Kier molecular flexibility index (Phi) is 5.12. The predicted molar refractivity (Wildman–Crippen MR) is 86.7 cm³/mol. The van der Waals surface area contributed by atoms with E-state index >= 15 is 0 Å². The van der Waals surface area contributed by atoms with Crippen LogP contribution in [0.3, 0.4) is 0 Å². The van der Waals surface area contributed by atoms with Gasteiger partial charge in [-0.2, -0.15) is 11.8 Å². The first-order valence-electron chi connectivity index (χ1n) is 5.75. The molecule has 1 fully saturated rings. The molecule has 1 aromatic rings. The van der Waals surface area contributed by atoms with E-state index in [0.29, 0.717) is 26.1 Å². The minimum Gasteiger partial charge on any atom is -0.337 e. The van der Waals surface area contributed by atoms with E-state index < -0.39 is 0 Å². The molecule has 0 radical (unpaired) electrons. The van der Waals surface area contributed by atoms with Crippen LogP contribution in [0, 0.1) is 0 Å². The molecule has 1 aromatic carbocycles. The highest BCUT2D eigenvalue weighted by molar-refractivity contribution is 7.99. The van der Waals surface area contributed by atoms with Crippen LogP contribution >= 0.6 is 47.6 Å². The van der Waals surface area contributed by atoms with E-state index in [1.54, 1.807) is 17.0 Å². The molecule has 19 heavy (non-hydrogen) atoms. The molecule has 6 heteroatoms. The van der Waals surface area contributed by atoms with E-state index in [-0.39, 0.29) is 5.91 Å². The van der Waals surface area contributed by atoms with Gasteiger partial charge >= 0.3 is 0 Å². The van der Waals surface area contributed by atoms with Crippen LogP contribution in [-0.2, 0) is 4.79 Å². The fraction of sp³-hybridized carbons (Fsp3) is 0.308. The van der Waals surface area contributed by atoms with Crippen molar-refractivity contribution < 1.29 is 4.79 Å². The Balaban J connectivity index is 2.24. The van der Waals surface area contributed by atoms with Gasteiger partial charge < -0.3 is 4.90 Å². The molecule has 1 heterocycles. The molecule has 0 atom stereocenters. The summed E-state index contributed by atoms with van der Waals surface area (Å²) in [7, 11) is 0. The summed E-state index contributed by atoms with van der Waals surface area (Å²) in [6, 6.07) is 3.45. The largest absolute Gasteiger partial charge is 0.337 e. The molecule has 2 rings (SSSR count). The van der Waals surface area contributed by atoms with Crippen LogP contribution < -0.4 is 0 Å². The second-order valence-electron chi connectivity index (χ2n) is 4.14. The summed E-state index contributed by atoms with van der Waals surface area (Å²) in [5.41, 5.74) is 0.958. The van der Waals surface area contributed by atoms with Gasteiger partial charge in [-0.1, -0.05) is 35.8 Å². The van der Waals surface area contributed by atoms with E-state index in [0.717, 1.165) is 24.6 Å². The highest BCUT2D eigenvalue weighted by Crippen LogP contribution is 2.35. The minimum absolute atomic E-state index is 0.0785. The molecule has 2 nitrogen and oxygen atoms in total. The van der Waals surface area contributed by atoms with Gasteiger partial charge in [-0.25, -0.2) is 0 Å². The van der Waals surface area contributed by atoms with Crippen molar-refractivity contribution in [2.24, 2.45) is 0 Å². The Hall–Kier alpha value is -0.290. The first-order chi connectivity index (χ1) is 9.02. The third-order valence-electron chi connectivity index (χ3n) is 2.94. The average Bonchev–Trinajstić information content (AvgIpc) is 2.44. The summed E-state index contributed by atoms with van der Waals surface area (Å²) in [4.78, 5) is 14.7. The number of thiol groups is 1. The van der Waals surface area contributed by atoms with Gasteiger partial charge in [0.25, 0.3) is 5.91 Å². The van der Waals surface area contributed by atoms with Crippen molar-refractivity contribution in [2.75, 3.05) is 24.6 Å². The van der Waals surface area contributed by atoms with Crippen molar-refractivity contribution in [3.63, 3.8) is 0 Å². The van der Waals surface area contributed by atoms with Gasteiger partial charge in [0, 0.05) is 40.6 Å². The number of amides is 1. The summed E-state index contributed by atoms with van der Waals surface area (Å²) in [5.74, 6) is 1.84. The second-order valence-corrected chi connectivity index (χ2v) is 6.61. The maximum atomic E-state index is 12.3. The summed E-state index contributed by atoms with van der Waals surface area (Å²) >= 11 is 18.2. The number of rotatable bonds is 2.